The van der Waals surface area contributed by atoms with Crippen LogP contribution in [-0.2, 0) is 13.0 Å². The summed E-state index contributed by atoms with van der Waals surface area (Å²) in [4.78, 5) is 12.6. The fourth-order valence-electron chi connectivity index (χ4n) is 2.38. The minimum atomic E-state index is -0.411. The third-order valence-electron chi connectivity index (χ3n) is 3.45. The second-order valence-electron chi connectivity index (χ2n) is 5.11. The van der Waals surface area contributed by atoms with Gasteiger partial charge in [-0.15, -0.1) is 0 Å². The Balaban J connectivity index is 0.000000154. The summed E-state index contributed by atoms with van der Waals surface area (Å²) in [5, 5.41) is 0. The van der Waals surface area contributed by atoms with Crippen LogP contribution in [0.5, 0.6) is 0 Å². The lowest BCUT2D eigenvalue weighted by Crippen LogP contribution is -2.32. The summed E-state index contributed by atoms with van der Waals surface area (Å²) in [6, 6.07) is 4.55. The van der Waals surface area contributed by atoms with Gasteiger partial charge in [0.15, 0.2) is 5.65 Å². The maximum Gasteiger partial charge on any atom is 0.163 e. The summed E-state index contributed by atoms with van der Waals surface area (Å²) in [6.45, 7) is 0.822. The van der Waals surface area contributed by atoms with Crippen molar-refractivity contribution in [1.29, 1.82) is 0 Å². The van der Waals surface area contributed by atoms with Crippen molar-refractivity contribution in [2.75, 3.05) is 0 Å². The zero-order valence-corrected chi connectivity index (χ0v) is 11.8. The maximum absolute atomic E-state index is 11.9. The first-order valence-corrected chi connectivity index (χ1v) is 6.95. The van der Waals surface area contributed by atoms with Gasteiger partial charge < -0.3 is 10.3 Å². The largest absolute Gasteiger partial charge is 0.326 e. The van der Waals surface area contributed by atoms with E-state index in [2.05, 4.69) is 19.5 Å². The molecule has 0 spiro atoms. The number of hydrogen-bond acceptors (Lipinski definition) is 4. The molecule has 0 bridgehead atoms. The number of rotatable bonds is 0. The number of aryl methyl sites for hydroxylation is 1. The molecule has 3 aromatic rings. The summed E-state index contributed by atoms with van der Waals surface area (Å²) < 4.78 is 25.9. The molecular weight excluding hydrogens is 288 g/mol. The molecule has 3 heterocycles. The summed E-state index contributed by atoms with van der Waals surface area (Å²) in [6.07, 6.45) is 5.25. The van der Waals surface area contributed by atoms with Crippen LogP contribution in [0, 0.1) is 11.6 Å². The second-order valence-corrected chi connectivity index (χ2v) is 5.11. The quantitative estimate of drug-likeness (QED) is 0.690. The first-order chi connectivity index (χ1) is 10.6. The lowest BCUT2D eigenvalue weighted by atomic mass is 10.1. The van der Waals surface area contributed by atoms with E-state index < -0.39 is 11.6 Å². The lowest BCUT2D eigenvalue weighted by molar-refractivity contribution is 0.460. The topological polar surface area (TPSA) is 69.6 Å². The molecule has 2 aromatic heterocycles. The summed E-state index contributed by atoms with van der Waals surface area (Å²) >= 11 is 0. The first-order valence-electron chi connectivity index (χ1n) is 6.95. The van der Waals surface area contributed by atoms with Gasteiger partial charge in [0.1, 0.15) is 29.3 Å². The number of fused-ring (bicyclic) bond motifs is 3. The van der Waals surface area contributed by atoms with E-state index in [-0.39, 0.29) is 6.04 Å². The van der Waals surface area contributed by atoms with Gasteiger partial charge in [0.2, 0.25) is 0 Å². The fourth-order valence-corrected chi connectivity index (χ4v) is 2.38. The Labute approximate surface area is 125 Å². The Kier molecular flexibility index (Phi) is 4.06. The van der Waals surface area contributed by atoms with Crippen LogP contribution in [0.3, 0.4) is 0 Å². The summed E-state index contributed by atoms with van der Waals surface area (Å²) in [5.41, 5.74) is 7.69. The third-order valence-corrected chi connectivity index (χ3v) is 3.45. The summed E-state index contributed by atoms with van der Waals surface area (Å²) in [7, 11) is 0. The summed E-state index contributed by atoms with van der Waals surface area (Å²) in [5.74, 6) is 0.264. The molecule has 0 aliphatic carbocycles. The van der Waals surface area contributed by atoms with Crippen LogP contribution in [0.15, 0.2) is 36.8 Å². The number of nitrogens with zero attached hydrogens (tertiary/aromatic N) is 4. The highest BCUT2D eigenvalue weighted by Gasteiger charge is 2.19. The van der Waals surface area contributed by atoms with Gasteiger partial charge in [0.25, 0.3) is 0 Å². The number of halogens is 2. The van der Waals surface area contributed by atoms with E-state index in [1.807, 2.05) is 0 Å². The van der Waals surface area contributed by atoms with Crippen molar-refractivity contribution >= 4 is 11.2 Å². The van der Waals surface area contributed by atoms with E-state index in [1.165, 1.54) is 0 Å². The molecule has 0 saturated heterocycles. The van der Waals surface area contributed by atoms with E-state index in [4.69, 9.17) is 5.73 Å². The third kappa shape index (κ3) is 3.09. The fraction of sp³-hybridized carbons (Fsp3) is 0.267. The Morgan fingerprint density at radius 2 is 1.82 bits per heavy atom. The minimum absolute atomic E-state index is 0.231. The highest BCUT2D eigenvalue weighted by Crippen LogP contribution is 2.19. The van der Waals surface area contributed by atoms with Crippen molar-refractivity contribution in [1.82, 2.24) is 19.5 Å². The van der Waals surface area contributed by atoms with E-state index in [1.54, 1.807) is 12.5 Å². The lowest BCUT2D eigenvalue weighted by Gasteiger charge is -2.19. The van der Waals surface area contributed by atoms with Crippen LogP contribution < -0.4 is 5.73 Å². The predicted octanol–water partition coefficient (Wildman–Crippen LogP) is 2.06. The number of benzene rings is 1. The average molecular weight is 303 g/mol. The number of imidazole rings is 1. The molecule has 22 heavy (non-hydrogen) atoms. The van der Waals surface area contributed by atoms with Gasteiger partial charge in [-0.3, -0.25) is 0 Å². The molecule has 114 valence electrons. The average Bonchev–Trinajstić information content (AvgIpc) is 2.89. The van der Waals surface area contributed by atoms with E-state index in [0.29, 0.717) is 0 Å². The van der Waals surface area contributed by atoms with Gasteiger partial charge in [0.05, 0.1) is 6.20 Å². The molecule has 0 amide bonds. The van der Waals surface area contributed by atoms with E-state index >= 15 is 0 Å². The standard InChI is InChI=1S/C9H11N5.C6H4F2/c10-6-1-2-8-13-7-3-11-5-12-9(7)14(8)4-6;7-5-1-2-6(8)4-3-5/h3,5-6H,1-2,4,10H2;1-4H/t6-;/m1./s1. The maximum atomic E-state index is 11.9. The molecule has 1 aliphatic rings. The second kappa shape index (κ2) is 6.15. The molecular formula is C15H15F2N5. The smallest absolute Gasteiger partial charge is 0.163 e. The van der Waals surface area contributed by atoms with Crippen molar-refractivity contribution in [2.45, 2.75) is 25.4 Å². The van der Waals surface area contributed by atoms with Crippen LogP contribution in [0.25, 0.3) is 11.2 Å². The van der Waals surface area contributed by atoms with Gasteiger partial charge in [-0.2, -0.15) is 0 Å². The molecule has 5 nitrogen and oxygen atoms in total. The Hall–Kier alpha value is -2.41. The SMILES string of the molecule is Fc1ccc(F)cc1.N[C@@H]1CCc2nc3cncnc3n2C1. The van der Waals surface area contributed by atoms with Crippen molar-refractivity contribution in [3.8, 4) is 0 Å². The van der Waals surface area contributed by atoms with Gasteiger partial charge in [-0.05, 0) is 30.7 Å². The van der Waals surface area contributed by atoms with Crippen LogP contribution in [0.2, 0.25) is 0 Å². The van der Waals surface area contributed by atoms with Crippen molar-refractivity contribution in [3.05, 3.63) is 54.2 Å². The van der Waals surface area contributed by atoms with E-state index in [0.717, 1.165) is 60.6 Å². The normalized spacial score (nSPS) is 16.8. The number of nitrogens with two attached hydrogens (primary N) is 1. The van der Waals surface area contributed by atoms with Crippen LogP contribution in [0.4, 0.5) is 8.78 Å². The van der Waals surface area contributed by atoms with Crippen molar-refractivity contribution in [2.24, 2.45) is 5.73 Å². The van der Waals surface area contributed by atoms with Crippen molar-refractivity contribution < 1.29 is 8.78 Å². The van der Waals surface area contributed by atoms with Crippen molar-refractivity contribution in [3.63, 3.8) is 0 Å². The Morgan fingerprint density at radius 1 is 1.14 bits per heavy atom. The Bertz CT molecular complexity index is 748. The van der Waals surface area contributed by atoms with Gasteiger partial charge in [-0.1, -0.05) is 0 Å². The minimum Gasteiger partial charge on any atom is -0.326 e. The van der Waals surface area contributed by atoms with Gasteiger partial charge >= 0.3 is 0 Å². The zero-order chi connectivity index (χ0) is 15.5. The molecule has 0 unspecified atom stereocenters. The zero-order valence-electron chi connectivity index (χ0n) is 11.8. The first kappa shape index (κ1) is 14.5. The van der Waals surface area contributed by atoms with Gasteiger partial charge in [-0.25, -0.2) is 23.7 Å². The molecule has 1 aromatic carbocycles. The molecule has 1 atom stereocenters. The van der Waals surface area contributed by atoms with E-state index in [9.17, 15) is 8.78 Å². The molecule has 1 aliphatic heterocycles. The van der Waals surface area contributed by atoms with Crippen LogP contribution in [-0.4, -0.2) is 25.6 Å². The monoisotopic (exact) mass is 303 g/mol. The number of aromatic nitrogens is 4. The highest BCUT2D eigenvalue weighted by molar-refractivity contribution is 5.70. The molecule has 0 saturated carbocycles. The molecule has 2 N–H and O–H groups in total. The number of hydrogen-bond donors (Lipinski definition) is 1. The van der Waals surface area contributed by atoms with Crippen LogP contribution >= 0.6 is 0 Å². The molecule has 4 rings (SSSR count). The molecule has 0 fully saturated rings. The predicted molar refractivity (Wildman–Crippen MR) is 78.0 cm³/mol. The Morgan fingerprint density at radius 3 is 2.50 bits per heavy atom. The molecule has 7 heteroatoms. The molecule has 0 radical (unpaired) electrons. The van der Waals surface area contributed by atoms with Gasteiger partial charge in [0, 0.05) is 19.0 Å². The van der Waals surface area contributed by atoms with Crippen LogP contribution in [0.1, 0.15) is 12.2 Å². The highest BCUT2D eigenvalue weighted by atomic mass is 19.1.